The Morgan fingerprint density at radius 3 is 2.33 bits per heavy atom. The monoisotopic (exact) mass is 215 g/mol. The Hall–Kier alpha value is -1.14. The number of hydrogen-bond acceptors (Lipinski definition) is 4. The summed E-state index contributed by atoms with van der Waals surface area (Å²) < 4.78 is 0. The first-order valence-corrected chi connectivity index (χ1v) is 4.80. The molecule has 0 aromatic heterocycles. The molecule has 0 saturated heterocycles. The second-order valence-corrected chi connectivity index (χ2v) is 4.34. The maximum atomic E-state index is 11.1. The average molecular weight is 215 g/mol. The van der Waals surface area contributed by atoms with Gasteiger partial charge in [0, 0.05) is 19.0 Å². The van der Waals surface area contributed by atoms with E-state index < -0.39 is 29.5 Å². The van der Waals surface area contributed by atoms with E-state index >= 15 is 0 Å². The van der Waals surface area contributed by atoms with Crippen LogP contribution in [0.15, 0.2) is 0 Å². The van der Waals surface area contributed by atoms with E-state index in [1.165, 1.54) is 6.92 Å². The van der Waals surface area contributed by atoms with Crippen LogP contribution in [0, 0.1) is 5.41 Å². The van der Waals surface area contributed by atoms with E-state index in [0.29, 0.717) is 0 Å². The normalized spacial score (nSPS) is 40.1. The summed E-state index contributed by atoms with van der Waals surface area (Å²) in [6, 6.07) is -1.54. The minimum atomic E-state index is -1.06. The summed E-state index contributed by atoms with van der Waals surface area (Å²) in [5.74, 6) is -1.22. The van der Waals surface area contributed by atoms with Crippen molar-refractivity contribution >= 4 is 11.9 Å². The van der Waals surface area contributed by atoms with Crippen molar-refractivity contribution in [2.24, 2.45) is 16.9 Å². The van der Waals surface area contributed by atoms with Gasteiger partial charge in [-0.3, -0.25) is 9.59 Å². The Morgan fingerprint density at radius 1 is 1.47 bits per heavy atom. The Labute approximate surface area is 88.0 Å². The van der Waals surface area contributed by atoms with Gasteiger partial charge < -0.3 is 21.9 Å². The van der Waals surface area contributed by atoms with E-state index in [0.717, 1.165) is 0 Å². The Kier molecular flexibility index (Phi) is 3.01. The number of aliphatic carboxylic acids is 1. The number of carbonyl (C=O) groups is 2. The molecule has 0 spiro atoms. The van der Waals surface area contributed by atoms with E-state index in [-0.39, 0.29) is 12.3 Å². The molecule has 0 bridgehead atoms. The Morgan fingerprint density at radius 2 is 2.00 bits per heavy atom. The summed E-state index contributed by atoms with van der Waals surface area (Å²) in [5.41, 5.74) is 10.5. The molecule has 6 N–H and O–H groups in total. The van der Waals surface area contributed by atoms with Crippen LogP contribution >= 0.6 is 0 Å². The molecule has 4 atom stereocenters. The van der Waals surface area contributed by atoms with Gasteiger partial charge in [0.25, 0.3) is 0 Å². The van der Waals surface area contributed by atoms with Crippen molar-refractivity contribution in [2.45, 2.75) is 38.4 Å². The third kappa shape index (κ3) is 1.95. The zero-order valence-electron chi connectivity index (χ0n) is 8.86. The molecule has 1 amide bonds. The van der Waals surface area contributed by atoms with Gasteiger partial charge in [-0.1, -0.05) is 0 Å². The van der Waals surface area contributed by atoms with Crippen LogP contribution < -0.4 is 16.8 Å². The SMILES string of the molecule is CC(=O)N[C@H]1[C@H](N)C[C@](C)(C(=O)O)[C@@H]1N. The molecular weight excluding hydrogens is 198 g/mol. The van der Waals surface area contributed by atoms with Crippen molar-refractivity contribution in [3.63, 3.8) is 0 Å². The highest BCUT2D eigenvalue weighted by Crippen LogP contribution is 2.36. The molecule has 1 aliphatic carbocycles. The van der Waals surface area contributed by atoms with Gasteiger partial charge >= 0.3 is 5.97 Å². The highest BCUT2D eigenvalue weighted by Gasteiger charge is 2.52. The maximum absolute atomic E-state index is 11.1. The lowest BCUT2D eigenvalue weighted by Gasteiger charge is -2.26. The largest absolute Gasteiger partial charge is 0.481 e. The third-order valence-corrected chi connectivity index (χ3v) is 3.10. The molecule has 86 valence electrons. The van der Waals surface area contributed by atoms with Crippen LogP contribution in [0.2, 0.25) is 0 Å². The Balaban J connectivity index is 2.87. The maximum Gasteiger partial charge on any atom is 0.311 e. The summed E-state index contributed by atoms with van der Waals surface area (Å²) in [6.45, 7) is 2.91. The number of rotatable bonds is 2. The van der Waals surface area contributed by atoms with Crippen LogP contribution in [0.3, 0.4) is 0 Å². The van der Waals surface area contributed by atoms with Crippen LogP contribution in [0.1, 0.15) is 20.3 Å². The van der Waals surface area contributed by atoms with E-state index in [4.69, 9.17) is 16.6 Å². The minimum absolute atomic E-state index is 0.250. The van der Waals surface area contributed by atoms with Gasteiger partial charge in [0.2, 0.25) is 5.91 Å². The fourth-order valence-electron chi connectivity index (χ4n) is 2.08. The summed E-state index contributed by atoms with van der Waals surface area (Å²) in [7, 11) is 0. The fourth-order valence-corrected chi connectivity index (χ4v) is 2.08. The molecule has 15 heavy (non-hydrogen) atoms. The van der Waals surface area contributed by atoms with Crippen LogP contribution in [0.5, 0.6) is 0 Å². The van der Waals surface area contributed by atoms with Crippen molar-refractivity contribution in [1.82, 2.24) is 5.32 Å². The fraction of sp³-hybridized carbons (Fsp3) is 0.778. The number of carbonyl (C=O) groups excluding carboxylic acids is 1. The van der Waals surface area contributed by atoms with Crippen molar-refractivity contribution in [3.8, 4) is 0 Å². The number of carboxylic acids is 1. The lowest BCUT2D eigenvalue weighted by atomic mass is 9.84. The van der Waals surface area contributed by atoms with Gasteiger partial charge in [0.05, 0.1) is 11.5 Å². The lowest BCUT2D eigenvalue weighted by molar-refractivity contribution is -0.148. The second kappa shape index (κ2) is 3.79. The second-order valence-electron chi connectivity index (χ2n) is 4.34. The molecule has 1 saturated carbocycles. The first kappa shape index (κ1) is 11.9. The van der Waals surface area contributed by atoms with E-state index in [1.54, 1.807) is 6.92 Å². The van der Waals surface area contributed by atoms with E-state index in [2.05, 4.69) is 5.32 Å². The number of amides is 1. The molecule has 1 fully saturated rings. The molecule has 1 aliphatic rings. The zero-order valence-corrected chi connectivity index (χ0v) is 8.86. The van der Waals surface area contributed by atoms with E-state index in [9.17, 15) is 9.59 Å². The lowest BCUT2D eigenvalue weighted by Crippen LogP contribution is -2.55. The van der Waals surface area contributed by atoms with Gasteiger partial charge in [0.15, 0.2) is 0 Å². The summed E-state index contributed by atoms with van der Waals surface area (Å²) in [4.78, 5) is 22.0. The van der Waals surface area contributed by atoms with Gasteiger partial charge in [-0.15, -0.1) is 0 Å². The van der Waals surface area contributed by atoms with Gasteiger partial charge in [-0.05, 0) is 13.3 Å². The number of nitrogens with one attached hydrogen (secondary N) is 1. The Bertz CT molecular complexity index is 294. The van der Waals surface area contributed by atoms with Crippen LogP contribution in [0.4, 0.5) is 0 Å². The van der Waals surface area contributed by atoms with Gasteiger partial charge in [-0.2, -0.15) is 0 Å². The van der Waals surface area contributed by atoms with Crippen LogP contribution in [-0.2, 0) is 9.59 Å². The third-order valence-electron chi connectivity index (χ3n) is 3.10. The first-order chi connectivity index (χ1) is 6.79. The van der Waals surface area contributed by atoms with Crippen molar-refractivity contribution in [3.05, 3.63) is 0 Å². The molecule has 0 aromatic rings. The predicted molar refractivity (Wildman–Crippen MR) is 53.9 cm³/mol. The molecule has 0 aliphatic heterocycles. The minimum Gasteiger partial charge on any atom is -0.481 e. The molecule has 6 heteroatoms. The first-order valence-electron chi connectivity index (χ1n) is 4.80. The predicted octanol–water partition coefficient (Wildman–Crippen LogP) is -1.36. The topological polar surface area (TPSA) is 118 Å². The molecule has 0 radical (unpaired) electrons. The molecule has 1 rings (SSSR count). The van der Waals surface area contributed by atoms with Crippen molar-refractivity contribution < 1.29 is 14.7 Å². The van der Waals surface area contributed by atoms with Crippen molar-refractivity contribution in [2.75, 3.05) is 0 Å². The van der Waals surface area contributed by atoms with Crippen LogP contribution in [-0.4, -0.2) is 35.1 Å². The number of hydrogen-bond donors (Lipinski definition) is 4. The summed E-state index contributed by atoms with van der Waals surface area (Å²) in [5, 5.41) is 11.7. The molecule has 0 unspecified atom stereocenters. The summed E-state index contributed by atoms with van der Waals surface area (Å²) >= 11 is 0. The van der Waals surface area contributed by atoms with Crippen molar-refractivity contribution in [1.29, 1.82) is 0 Å². The molecule has 0 aromatic carbocycles. The number of nitrogens with two attached hydrogens (primary N) is 2. The highest BCUT2D eigenvalue weighted by molar-refractivity contribution is 5.77. The number of carboxylic acid groups (broad SMARTS) is 1. The summed E-state index contributed by atoms with van der Waals surface area (Å²) in [6.07, 6.45) is 0.272. The smallest absolute Gasteiger partial charge is 0.311 e. The standard InChI is InChI=1S/C9H17N3O3/c1-4(13)12-6-5(10)3-9(2,7(6)11)8(14)15/h5-7H,3,10-11H2,1-2H3,(H,12,13)(H,14,15)/t5-,6+,7-,9+/m1/s1. The molecular formula is C9H17N3O3. The quantitative estimate of drug-likeness (QED) is 0.453. The van der Waals surface area contributed by atoms with Crippen LogP contribution in [0.25, 0.3) is 0 Å². The van der Waals surface area contributed by atoms with Gasteiger partial charge in [0.1, 0.15) is 0 Å². The highest BCUT2D eigenvalue weighted by atomic mass is 16.4. The molecule has 0 heterocycles. The van der Waals surface area contributed by atoms with E-state index in [1.807, 2.05) is 0 Å². The zero-order chi connectivity index (χ0) is 11.8. The van der Waals surface area contributed by atoms with Gasteiger partial charge in [-0.25, -0.2) is 0 Å². The average Bonchev–Trinajstić information content (AvgIpc) is 2.30. The molecule has 6 nitrogen and oxygen atoms in total.